The van der Waals surface area contributed by atoms with E-state index in [0.29, 0.717) is 5.56 Å². The molecule has 1 heterocycles. The number of rotatable bonds is 10. The molecule has 0 aromatic heterocycles. The largest absolute Gasteiger partial charge is 0.456 e. The average Bonchev–Trinajstić information content (AvgIpc) is 3.24. The fourth-order valence-corrected chi connectivity index (χ4v) is 10.2. The molecule has 7 rings (SSSR count). The Morgan fingerprint density at radius 1 is 0.823 bits per heavy atom. The van der Waals surface area contributed by atoms with Gasteiger partial charge in [0.2, 0.25) is 0 Å². The highest BCUT2D eigenvalue weighted by molar-refractivity contribution is 5.96. The van der Waals surface area contributed by atoms with Crippen molar-refractivity contribution in [2.75, 3.05) is 6.61 Å². The molecule has 1 aliphatic heterocycles. The second-order valence-corrected chi connectivity index (χ2v) is 17.4. The highest BCUT2D eigenvalue weighted by Gasteiger charge is 2.78. The number of esters is 4. The van der Waals surface area contributed by atoms with Gasteiger partial charge in [-0.25, -0.2) is 9.59 Å². The summed E-state index contributed by atoms with van der Waals surface area (Å²) in [7, 11) is 0. The van der Waals surface area contributed by atoms with Gasteiger partial charge in [0.15, 0.2) is 23.6 Å². The molecule has 3 aromatic carbocycles. The molecule has 62 heavy (non-hydrogen) atoms. The quantitative estimate of drug-likeness (QED) is 0.130. The fourth-order valence-electron chi connectivity index (χ4n) is 10.2. The van der Waals surface area contributed by atoms with Gasteiger partial charge in [0.1, 0.15) is 23.9 Å². The number of hydrogen-bond acceptors (Lipinski definition) is 14. The van der Waals surface area contributed by atoms with E-state index in [2.05, 4.69) is 5.32 Å². The van der Waals surface area contributed by atoms with E-state index >= 15 is 4.79 Å². The van der Waals surface area contributed by atoms with Gasteiger partial charge in [0.25, 0.3) is 5.91 Å². The Morgan fingerprint density at radius 3 is 1.95 bits per heavy atom. The van der Waals surface area contributed by atoms with Gasteiger partial charge in [0, 0.05) is 37.7 Å². The van der Waals surface area contributed by atoms with Crippen molar-refractivity contribution in [3.8, 4) is 0 Å². The molecular formula is C47H51NO14. The molecule has 328 valence electrons. The maximum Gasteiger partial charge on any atom is 0.338 e. The number of carbonyl (C=O) groups is 6. The standard InChI is InChI=1S/C47H51NO14/c1-25-31(60-43(56)36(52)35(28-16-10-7-11-17-28)48-41(54)29-18-12-8-13-19-29)23-47(57)40(61-42(55)30-20-14-9-15-21-30)38-45(6,32(51)22-33-46(38,24-58-33)62-27(3)50)39(53)37(59-26(2)49)34(25)44(47,4)5/h7-21,31-33,35-38,40,51-52,57H,22-24H2,1-6H3,(H,48,54)/t31-,32-,33+,35-,36+,37+,38-,40?,45+,46-,47+/m0/s1. The summed E-state index contributed by atoms with van der Waals surface area (Å²) in [5, 5.41) is 40.2. The van der Waals surface area contributed by atoms with E-state index in [9.17, 15) is 39.3 Å². The van der Waals surface area contributed by atoms with Gasteiger partial charge >= 0.3 is 23.9 Å². The van der Waals surface area contributed by atoms with Crippen molar-refractivity contribution in [3.05, 3.63) is 119 Å². The van der Waals surface area contributed by atoms with Gasteiger partial charge < -0.3 is 44.3 Å². The van der Waals surface area contributed by atoms with Crippen LogP contribution in [0.1, 0.15) is 86.7 Å². The number of aliphatic hydroxyl groups is 3. The zero-order valence-electron chi connectivity index (χ0n) is 35.2. The normalized spacial score (nSPS) is 31.9. The van der Waals surface area contributed by atoms with Crippen LogP contribution in [0, 0.1) is 16.7 Å². The lowest BCUT2D eigenvalue weighted by molar-refractivity contribution is -0.346. The Kier molecular flexibility index (Phi) is 11.8. The lowest BCUT2D eigenvalue weighted by Crippen LogP contribution is -2.82. The smallest absolute Gasteiger partial charge is 0.338 e. The van der Waals surface area contributed by atoms with Crippen LogP contribution in [0.2, 0.25) is 0 Å². The van der Waals surface area contributed by atoms with Crippen LogP contribution < -0.4 is 5.32 Å². The summed E-state index contributed by atoms with van der Waals surface area (Å²) in [6, 6.07) is 22.9. The third-order valence-corrected chi connectivity index (χ3v) is 13.5. The summed E-state index contributed by atoms with van der Waals surface area (Å²) >= 11 is 0. The van der Waals surface area contributed by atoms with Crippen LogP contribution >= 0.6 is 0 Å². The summed E-state index contributed by atoms with van der Waals surface area (Å²) in [5.74, 6) is -6.84. The third-order valence-electron chi connectivity index (χ3n) is 13.5. The lowest BCUT2D eigenvalue weighted by atomic mass is 9.44. The van der Waals surface area contributed by atoms with Crippen LogP contribution in [0.25, 0.3) is 0 Å². The molecule has 1 amide bonds. The monoisotopic (exact) mass is 853 g/mol. The van der Waals surface area contributed by atoms with Gasteiger partial charge in [-0.05, 0) is 54.8 Å². The number of hydrogen-bond donors (Lipinski definition) is 4. The molecule has 4 aliphatic rings. The second-order valence-electron chi connectivity index (χ2n) is 17.4. The Morgan fingerprint density at radius 2 is 1.40 bits per heavy atom. The van der Waals surface area contributed by atoms with Crippen molar-refractivity contribution in [1.82, 2.24) is 5.32 Å². The van der Waals surface area contributed by atoms with Gasteiger partial charge in [-0.15, -0.1) is 0 Å². The molecule has 4 N–H and O–H groups in total. The van der Waals surface area contributed by atoms with Crippen LogP contribution in [-0.2, 0) is 42.9 Å². The average molecular weight is 854 g/mol. The first-order valence-electron chi connectivity index (χ1n) is 20.5. The number of carbonyl (C=O) groups excluding carboxylic acids is 6. The molecule has 0 spiro atoms. The Labute approximate surface area is 358 Å². The minimum Gasteiger partial charge on any atom is -0.456 e. The van der Waals surface area contributed by atoms with E-state index in [1.807, 2.05) is 0 Å². The van der Waals surface area contributed by atoms with Crippen LogP contribution in [0.4, 0.5) is 0 Å². The molecule has 15 heteroatoms. The van der Waals surface area contributed by atoms with E-state index in [4.69, 9.17) is 23.7 Å². The minimum absolute atomic E-state index is 0.00289. The Bertz CT molecular complexity index is 2280. The van der Waals surface area contributed by atoms with Gasteiger partial charge in [0.05, 0.1) is 35.6 Å². The number of ether oxygens (including phenoxy) is 5. The number of aliphatic hydroxyl groups excluding tert-OH is 2. The predicted octanol–water partition coefficient (Wildman–Crippen LogP) is 3.74. The summed E-state index contributed by atoms with van der Waals surface area (Å²) in [6.45, 7) is 7.97. The zero-order valence-corrected chi connectivity index (χ0v) is 35.2. The lowest BCUT2D eigenvalue weighted by Gasteiger charge is -2.67. The van der Waals surface area contributed by atoms with Crippen LogP contribution in [0.5, 0.6) is 0 Å². The summed E-state index contributed by atoms with van der Waals surface area (Å²) < 4.78 is 30.3. The molecule has 3 fully saturated rings. The van der Waals surface area contributed by atoms with Gasteiger partial charge in [-0.1, -0.05) is 80.6 Å². The zero-order chi connectivity index (χ0) is 44.9. The maximum atomic E-state index is 15.5. The molecule has 2 bridgehead atoms. The van der Waals surface area contributed by atoms with Crippen LogP contribution in [0.15, 0.2) is 102 Å². The summed E-state index contributed by atoms with van der Waals surface area (Å²) in [4.78, 5) is 83.5. The molecule has 11 atom stereocenters. The first-order chi connectivity index (χ1) is 29.3. The molecule has 2 saturated carbocycles. The van der Waals surface area contributed by atoms with E-state index in [1.165, 1.54) is 26.0 Å². The molecule has 15 nitrogen and oxygen atoms in total. The van der Waals surface area contributed by atoms with E-state index in [1.54, 1.807) is 92.7 Å². The first-order valence-corrected chi connectivity index (χ1v) is 20.5. The van der Waals surface area contributed by atoms with E-state index in [0.717, 1.165) is 13.8 Å². The van der Waals surface area contributed by atoms with Crippen molar-refractivity contribution in [2.45, 2.75) is 108 Å². The number of ketones is 1. The molecule has 1 saturated heterocycles. The fraction of sp³-hybridized carbons (Fsp3) is 0.447. The van der Waals surface area contributed by atoms with Crippen molar-refractivity contribution in [1.29, 1.82) is 0 Å². The number of amides is 1. The molecule has 1 unspecified atom stereocenters. The van der Waals surface area contributed by atoms with Crippen molar-refractivity contribution in [2.24, 2.45) is 16.7 Å². The molecular weight excluding hydrogens is 803 g/mol. The second kappa shape index (κ2) is 16.5. The van der Waals surface area contributed by atoms with Crippen LogP contribution in [-0.4, -0.2) is 105 Å². The van der Waals surface area contributed by atoms with Crippen molar-refractivity contribution < 1.29 is 67.8 Å². The molecule has 3 aromatic rings. The molecule has 3 aliphatic carbocycles. The van der Waals surface area contributed by atoms with Crippen LogP contribution in [0.3, 0.4) is 0 Å². The minimum atomic E-state index is -2.39. The van der Waals surface area contributed by atoms with E-state index in [-0.39, 0.29) is 35.3 Å². The molecule has 0 radical (unpaired) electrons. The van der Waals surface area contributed by atoms with Gasteiger partial charge in [-0.2, -0.15) is 0 Å². The summed E-state index contributed by atoms with van der Waals surface area (Å²) in [5.41, 5.74) is -7.02. The number of fused-ring (bicyclic) bond motifs is 5. The topological polar surface area (TPSA) is 221 Å². The highest BCUT2D eigenvalue weighted by atomic mass is 16.6. The highest BCUT2D eigenvalue weighted by Crippen LogP contribution is 2.64. The van der Waals surface area contributed by atoms with Crippen molar-refractivity contribution in [3.63, 3.8) is 0 Å². The Hall–Kier alpha value is -5.74. The number of Topliss-reactive ketones (excluding diaryl/α,β-unsaturated/α-hetero) is 1. The SMILES string of the molecule is CC(=O)O[C@H]1C(=O)[C@@]2(C)[C@H](C(OC(=O)c3ccccc3)[C@]3(O)C[C@H](OC(=O)[C@H](O)[C@@H](NC(=O)c4ccccc4)c4ccccc4)C(C)=C1C3(C)C)[C@]1(OC(C)=O)CO[C@@H]1C[C@@H]2O. The predicted molar refractivity (Wildman–Crippen MR) is 218 cm³/mol. The van der Waals surface area contributed by atoms with Crippen molar-refractivity contribution >= 4 is 35.6 Å². The Balaban J connectivity index is 1.39. The van der Waals surface area contributed by atoms with E-state index < -0.39 is 113 Å². The van der Waals surface area contributed by atoms with Gasteiger partial charge in [-0.3, -0.25) is 19.2 Å². The maximum absolute atomic E-state index is 15.5. The third kappa shape index (κ3) is 7.29. The summed E-state index contributed by atoms with van der Waals surface area (Å²) in [6.07, 6.45) is -10.5. The number of benzene rings is 3. The first kappa shape index (κ1) is 44.3. The number of nitrogens with one attached hydrogen (secondary N) is 1.